The van der Waals surface area contributed by atoms with Crippen LogP contribution in [0.2, 0.25) is 0 Å². The number of carbonyl (C=O) groups excluding carboxylic acids is 1. The van der Waals surface area contributed by atoms with Gasteiger partial charge < -0.3 is 4.90 Å². The lowest BCUT2D eigenvalue weighted by Crippen LogP contribution is -2.33. The number of anilines is 1. The Balaban J connectivity index is 1.64. The first-order valence-electron chi connectivity index (χ1n) is 9.05. The predicted octanol–water partition coefficient (Wildman–Crippen LogP) is 3.71. The van der Waals surface area contributed by atoms with E-state index in [0.29, 0.717) is 11.8 Å². The topological polar surface area (TPSA) is 63.9 Å². The lowest BCUT2D eigenvalue weighted by molar-refractivity contribution is -0.116. The maximum Gasteiger partial charge on any atom is 0.237 e. The zero-order valence-electron chi connectivity index (χ0n) is 14.7. The molecular formula is C18H25N5OS. The molecule has 1 fully saturated rings. The molecule has 0 aliphatic heterocycles. The van der Waals surface area contributed by atoms with Crippen molar-refractivity contribution < 1.29 is 4.79 Å². The van der Waals surface area contributed by atoms with E-state index >= 15 is 0 Å². The third-order valence-electron chi connectivity index (χ3n) is 4.56. The van der Waals surface area contributed by atoms with Gasteiger partial charge in [0.25, 0.3) is 0 Å². The first-order valence-corrected chi connectivity index (χ1v) is 10.0. The number of para-hydroxylation sites is 1. The number of tetrazole rings is 1. The number of hydrogen-bond acceptors (Lipinski definition) is 5. The summed E-state index contributed by atoms with van der Waals surface area (Å²) < 4.78 is 1.91. The van der Waals surface area contributed by atoms with Crippen molar-refractivity contribution in [3.8, 4) is 0 Å². The Hall–Kier alpha value is -1.89. The second-order valence-electron chi connectivity index (χ2n) is 6.37. The highest BCUT2D eigenvalue weighted by molar-refractivity contribution is 7.99. The van der Waals surface area contributed by atoms with Gasteiger partial charge in [-0.3, -0.25) is 4.79 Å². The van der Waals surface area contributed by atoms with Gasteiger partial charge >= 0.3 is 0 Å². The van der Waals surface area contributed by atoms with Gasteiger partial charge in [0.2, 0.25) is 11.1 Å². The van der Waals surface area contributed by atoms with Crippen LogP contribution in [0.4, 0.5) is 5.69 Å². The van der Waals surface area contributed by atoms with Crippen molar-refractivity contribution >= 4 is 23.4 Å². The quantitative estimate of drug-likeness (QED) is 0.672. The van der Waals surface area contributed by atoms with Gasteiger partial charge in [-0.1, -0.05) is 56.1 Å². The zero-order chi connectivity index (χ0) is 17.5. The van der Waals surface area contributed by atoms with Crippen LogP contribution in [0.25, 0.3) is 0 Å². The molecular weight excluding hydrogens is 334 g/mol. The molecule has 1 aliphatic carbocycles. The minimum atomic E-state index is 0.102. The monoisotopic (exact) mass is 359 g/mol. The first kappa shape index (κ1) is 17.9. The molecule has 1 aromatic heterocycles. The summed E-state index contributed by atoms with van der Waals surface area (Å²) in [7, 11) is 0. The molecule has 3 rings (SSSR count). The summed E-state index contributed by atoms with van der Waals surface area (Å²) in [5.41, 5.74) is 0.955. The van der Waals surface area contributed by atoms with Crippen molar-refractivity contribution in [3.05, 3.63) is 30.3 Å². The number of rotatable bonds is 8. The lowest BCUT2D eigenvalue weighted by Gasteiger charge is -2.22. The molecule has 0 radical (unpaired) electrons. The number of unbranched alkanes of at least 4 members (excludes halogenated alkanes) is 1. The van der Waals surface area contributed by atoms with Gasteiger partial charge in [-0.2, -0.15) is 0 Å². The number of hydrogen-bond donors (Lipinski definition) is 0. The van der Waals surface area contributed by atoms with Gasteiger partial charge in [-0.05, 0) is 41.8 Å². The largest absolute Gasteiger partial charge is 0.312 e. The molecule has 134 valence electrons. The van der Waals surface area contributed by atoms with E-state index < -0.39 is 0 Å². The highest BCUT2D eigenvalue weighted by Gasteiger charge is 2.23. The Morgan fingerprint density at radius 2 is 2.04 bits per heavy atom. The van der Waals surface area contributed by atoms with Crippen LogP contribution >= 0.6 is 11.8 Å². The zero-order valence-corrected chi connectivity index (χ0v) is 15.5. The third kappa shape index (κ3) is 4.60. The minimum Gasteiger partial charge on any atom is -0.312 e. The molecule has 0 atom stereocenters. The van der Waals surface area contributed by atoms with Crippen LogP contribution < -0.4 is 4.90 Å². The Bertz CT molecular complexity index is 669. The van der Waals surface area contributed by atoms with E-state index in [4.69, 9.17) is 0 Å². The number of aromatic nitrogens is 4. The normalized spacial score (nSPS) is 14.8. The molecule has 0 bridgehead atoms. The molecule has 6 nitrogen and oxygen atoms in total. The molecule has 1 aromatic carbocycles. The molecule has 0 spiro atoms. The predicted molar refractivity (Wildman–Crippen MR) is 99.7 cm³/mol. The SMILES string of the molecule is CCCCN(C(=O)CSc1nnnn1C1CCCC1)c1ccccc1. The highest BCUT2D eigenvalue weighted by Crippen LogP contribution is 2.31. The van der Waals surface area contributed by atoms with E-state index in [1.54, 1.807) is 0 Å². The molecule has 25 heavy (non-hydrogen) atoms. The minimum absolute atomic E-state index is 0.102. The average Bonchev–Trinajstić information content (AvgIpc) is 3.32. The molecule has 7 heteroatoms. The summed E-state index contributed by atoms with van der Waals surface area (Å²) in [6.07, 6.45) is 6.76. The Labute approximate surface area is 153 Å². The van der Waals surface area contributed by atoms with Gasteiger partial charge in [0.1, 0.15) is 0 Å². The van der Waals surface area contributed by atoms with Crippen LogP contribution in [0.15, 0.2) is 35.5 Å². The van der Waals surface area contributed by atoms with E-state index in [2.05, 4.69) is 22.4 Å². The number of nitrogens with zero attached hydrogens (tertiary/aromatic N) is 5. The van der Waals surface area contributed by atoms with Crippen molar-refractivity contribution in [2.45, 2.75) is 56.6 Å². The summed E-state index contributed by atoms with van der Waals surface area (Å²) in [5, 5.41) is 12.8. The van der Waals surface area contributed by atoms with Crippen molar-refractivity contribution in [2.24, 2.45) is 0 Å². The lowest BCUT2D eigenvalue weighted by atomic mass is 10.2. The van der Waals surface area contributed by atoms with Crippen LogP contribution in [-0.4, -0.2) is 38.4 Å². The van der Waals surface area contributed by atoms with Crippen molar-refractivity contribution in [1.29, 1.82) is 0 Å². The molecule has 2 aromatic rings. The highest BCUT2D eigenvalue weighted by atomic mass is 32.2. The standard InChI is InChI=1S/C18H25N5OS/c1-2-3-13-22(15-9-5-4-6-10-15)17(24)14-25-18-19-20-21-23(18)16-11-7-8-12-16/h4-6,9-10,16H,2-3,7-8,11-14H2,1H3. The Kier molecular flexibility index (Phi) is 6.44. The maximum absolute atomic E-state index is 12.8. The number of benzene rings is 1. The summed E-state index contributed by atoms with van der Waals surface area (Å²) in [6, 6.07) is 10.3. The van der Waals surface area contributed by atoms with Crippen molar-refractivity contribution in [1.82, 2.24) is 20.2 Å². The molecule has 0 N–H and O–H groups in total. The molecule has 1 amide bonds. The van der Waals surface area contributed by atoms with Crippen LogP contribution in [0, 0.1) is 0 Å². The van der Waals surface area contributed by atoms with E-state index in [-0.39, 0.29) is 5.91 Å². The van der Waals surface area contributed by atoms with Gasteiger partial charge in [0.15, 0.2) is 0 Å². The van der Waals surface area contributed by atoms with Gasteiger partial charge in [-0.25, -0.2) is 4.68 Å². The summed E-state index contributed by atoms with van der Waals surface area (Å²) in [5.74, 6) is 0.455. The van der Waals surface area contributed by atoms with E-state index in [0.717, 1.165) is 43.1 Å². The van der Waals surface area contributed by atoms with Gasteiger partial charge in [0.05, 0.1) is 11.8 Å². The second-order valence-corrected chi connectivity index (χ2v) is 7.31. The molecule has 0 saturated heterocycles. The van der Waals surface area contributed by atoms with Crippen LogP contribution in [0.3, 0.4) is 0 Å². The summed E-state index contributed by atoms with van der Waals surface area (Å²) >= 11 is 1.44. The number of carbonyl (C=O) groups is 1. The number of amides is 1. The van der Waals surface area contributed by atoms with Crippen molar-refractivity contribution in [3.63, 3.8) is 0 Å². The van der Waals surface area contributed by atoms with Crippen molar-refractivity contribution in [2.75, 3.05) is 17.2 Å². The summed E-state index contributed by atoms with van der Waals surface area (Å²) in [6.45, 7) is 2.88. The molecule has 1 saturated carbocycles. The smallest absolute Gasteiger partial charge is 0.237 e. The van der Waals surface area contributed by atoms with Gasteiger partial charge in [0, 0.05) is 12.2 Å². The molecule has 1 aliphatic rings. The fraction of sp³-hybridized carbons (Fsp3) is 0.556. The fourth-order valence-electron chi connectivity index (χ4n) is 3.18. The number of thioether (sulfide) groups is 1. The van der Waals surface area contributed by atoms with E-state index in [1.807, 2.05) is 39.9 Å². The van der Waals surface area contributed by atoms with Gasteiger partial charge in [-0.15, -0.1) is 5.10 Å². The Morgan fingerprint density at radius 1 is 1.28 bits per heavy atom. The van der Waals surface area contributed by atoms with Crippen LogP contribution in [0.5, 0.6) is 0 Å². The van der Waals surface area contributed by atoms with E-state index in [1.165, 1.54) is 24.6 Å². The first-order chi connectivity index (χ1) is 12.3. The second kappa shape index (κ2) is 8.99. The third-order valence-corrected chi connectivity index (χ3v) is 5.48. The van der Waals surface area contributed by atoms with E-state index in [9.17, 15) is 4.79 Å². The fourth-order valence-corrected chi connectivity index (χ4v) is 4.01. The maximum atomic E-state index is 12.8. The molecule has 1 heterocycles. The summed E-state index contributed by atoms with van der Waals surface area (Å²) in [4.78, 5) is 14.7. The average molecular weight is 359 g/mol. The van der Waals surface area contributed by atoms with Crippen LogP contribution in [0.1, 0.15) is 51.5 Å². The van der Waals surface area contributed by atoms with Crippen LogP contribution in [-0.2, 0) is 4.79 Å². The Morgan fingerprint density at radius 3 is 2.76 bits per heavy atom. The molecule has 0 unspecified atom stereocenters.